The number of hydrogen-bond acceptors (Lipinski definition) is 2. The molecule has 0 spiro atoms. The van der Waals surface area contributed by atoms with Crippen LogP contribution >= 0.6 is 0 Å². The summed E-state index contributed by atoms with van der Waals surface area (Å²) in [5.41, 5.74) is 2.36. The van der Waals surface area contributed by atoms with Crippen LogP contribution in [0.1, 0.15) is 31.0 Å². The molecule has 86 valence electrons. The minimum Gasteiger partial charge on any atom is -0.496 e. The summed E-state index contributed by atoms with van der Waals surface area (Å²) in [5.74, 6) is 3.56. The van der Waals surface area contributed by atoms with Crippen molar-refractivity contribution < 1.29 is 4.74 Å². The molecule has 1 N–H and O–H groups in total. The van der Waals surface area contributed by atoms with Gasteiger partial charge in [0.25, 0.3) is 0 Å². The van der Waals surface area contributed by atoms with Crippen molar-refractivity contribution in [1.82, 2.24) is 5.32 Å². The molecule has 0 radical (unpaired) electrons. The van der Waals surface area contributed by atoms with E-state index in [1.54, 1.807) is 7.11 Å². The molecule has 16 heavy (non-hydrogen) atoms. The quantitative estimate of drug-likeness (QED) is 0.783. The monoisotopic (exact) mass is 217 g/mol. The number of rotatable bonds is 4. The van der Waals surface area contributed by atoms with Crippen LogP contribution in [0.4, 0.5) is 0 Å². The number of terminal acetylenes is 1. The Hall–Kier alpha value is -1.46. The zero-order chi connectivity index (χ0) is 12.1. The normalized spacial score (nSPS) is 13.9. The summed E-state index contributed by atoms with van der Waals surface area (Å²) in [6.07, 6.45) is 5.36. The number of benzene rings is 1. The maximum Gasteiger partial charge on any atom is 0.123 e. The zero-order valence-electron chi connectivity index (χ0n) is 10.4. The molecule has 0 heterocycles. The first kappa shape index (κ1) is 12.6. The molecule has 0 saturated heterocycles. The molecular weight excluding hydrogens is 198 g/mol. The molecule has 0 bridgehead atoms. The van der Waals surface area contributed by atoms with Crippen molar-refractivity contribution in [3.63, 3.8) is 0 Å². The fourth-order valence-corrected chi connectivity index (χ4v) is 1.71. The van der Waals surface area contributed by atoms with Crippen molar-refractivity contribution >= 4 is 0 Å². The third kappa shape index (κ3) is 3.01. The second kappa shape index (κ2) is 5.58. The van der Waals surface area contributed by atoms with E-state index in [-0.39, 0.29) is 12.1 Å². The molecule has 0 aliphatic carbocycles. The van der Waals surface area contributed by atoms with Crippen LogP contribution in [-0.2, 0) is 0 Å². The first-order valence-electron chi connectivity index (χ1n) is 5.45. The number of ether oxygens (including phenoxy) is 1. The molecule has 0 aliphatic heterocycles. The molecule has 1 rings (SSSR count). The Kier molecular flexibility index (Phi) is 4.39. The van der Waals surface area contributed by atoms with Crippen molar-refractivity contribution in [1.29, 1.82) is 0 Å². The number of nitrogens with one attached hydrogen (secondary N) is 1. The van der Waals surface area contributed by atoms with Gasteiger partial charge in [0.15, 0.2) is 0 Å². The Bertz CT molecular complexity index is 392. The van der Waals surface area contributed by atoms with Crippen molar-refractivity contribution in [2.24, 2.45) is 0 Å². The highest BCUT2D eigenvalue weighted by molar-refractivity contribution is 5.39. The lowest BCUT2D eigenvalue weighted by Gasteiger charge is -2.19. The molecule has 0 fully saturated rings. The summed E-state index contributed by atoms with van der Waals surface area (Å²) >= 11 is 0. The van der Waals surface area contributed by atoms with Crippen LogP contribution < -0.4 is 10.1 Å². The van der Waals surface area contributed by atoms with Gasteiger partial charge in [-0.1, -0.05) is 23.6 Å². The molecule has 0 aliphatic rings. The smallest absolute Gasteiger partial charge is 0.123 e. The zero-order valence-corrected chi connectivity index (χ0v) is 10.4. The first-order chi connectivity index (χ1) is 7.58. The maximum absolute atomic E-state index is 5.36. The Morgan fingerprint density at radius 1 is 1.38 bits per heavy atom. The van der Waals surface area contributed by atoms with E-state index in [9.17, 15) is 0 Å². The molecule has 2 heteroatoms. The lowest BCUT2D eigenvalue weighted by Crippen LogP contribution is -2.27. The first-order valence-corrected chi connectivity index (χ1v) is 5.45. The predicted molar refractivity (Wildman–Crippen MR) is 67.6 cm³/mol. The van der Waals surface area contributed by atoms with Crippen LogP contribution in [-0.4, -0.2) is 13.2 Å². The summed E-state index contributed by atoms with van der Waals surface area (Å²) in [6, 6.07) is 6.39. The van der Waals surface area contributed by atoms with Gasteiger partial charge < -0.3 is 4.74 Å². The van der Waals surface area contributed by atoms with Gasteiger partial charge in [0, 0.05) is 11.6 Å². The average molecular weight is 217 g/mol. The van der Waals surface area contributed by atoms with E-state index in [0.717, 1.165) is 11.3 Å². The molecule has 1 aromatic carbocycles. The Morgan fingerprint density at radius 2 is 2.06 bits per heavy atom. The standard InChI is InChI=1S/C14H19NO/c1-6-11(3)15-12(4)13-9-10(2)7-8-14(13)16-5/h1,7-9,11-12,15H,2-5H3. The van der Waals surface area contributed by atoms with Gasteiger partial charge in [-0.25, -0.2) is 0 Å². The molecular formula is C14H19NO. The number of aryl methyl sites for hydroxylation is 1. The van der Waals surface area contributed by atoms with Gasteiger partial charge in [0.2, 0.25) is 0 Å². The minimum absolute atomic E-state index is 0.0558. The van der Waals surface area contributed by atoms with E-state index < -0.39 is 0 Å². The SMILES string of the molecule is C#CC(C)NC(C)c1cc(C)ccc1OC. The second-order valence-corrected chi connectivity index (χ2v) is 4.02. The van der Waals surface area contributed by atoms with Gasteiger partial charge in [-0.2, -0.15) is 0 Å². The van der Waals surface area contributed by atoms with E-state index in [0.29, 0.717) is 0 Å². The predicted octanol–water partition coefficient (Wildman–Crippen LogP) is 2.68. The fraction of sp³-hybridized carbons (Fsp3) is 0.429. The van der Waals surface area contributed by atoms with E-state index in [1.165, 1.54) is 5.56 Å². The summed E-state index contributed by atoms with van der Waals surface area (Å²) in [4.78, 5) is 0. The number of methoxy groups -OCH3 is 1. The Morgan fingerprint density at radius 3 is 2.62 bits per heavy atom. The van der Waals surface area contributed by atoms with E-state index in [1.807, 2.05) is 19.1 Å². The minimum atomic E-state index is 0.0558. The lowest BCUT2D eigenvalue weighted by atomic mass is 10.0. The Balaban J connectivity index is 2.93. The fourth-order valence-electron chi connectivity index (χ4n) is 1.71. The molecule has 1 aromatic rings. The van der Waals surface area contributed by atoms with Crippen LogP contribution in [0.3, 0.4) is 0 Å². The average Bonchev–Trinajstić information content (AvgIpc) is 2.28. The van der Waals surface area contributed by atoms with Gasteiger partial charge in [0.1, 0.15) is 5.75 Å². The largest absolute Gasteiger partial charge is 0.496 e. The molecule has 0 amide bonds. The highest BCUT2D eigenvalue weighted by atomic mass is 16.5. The number of hydrogen-bond donors (Lipinski definition) is 1. The van der Waals surface area contributed by atoms with E-state index in [2.05, 4.69) is 31.2 Å². The highest BCUT2D eigenvalue weighted by Gasteiger charge is 2.12. The van der Waals surface area contributed by atoms with Crippen molar-refractivity contribution in [2.75, 3.05) is 7.11 Å². The summed E-state index contributed by atoms with van der Waals surface area (Å²) in [7, 11) is 1.69. The highest BCUT2D eigenvalue weighted by Crippen LogP contribution is 2.26. The van der Waals surface area contributed by atoms with E-state index >= 15 is 0 Å². The van der Waals surface area contributed by atoms with Gasteiger partial charge in [0.05, 0.1) is 13.2 Å². The summed E-state index contributed by atoms with van der Waals surface area (Å²) in [6.45, 7) is 6.13. The second-order valence-electron chi connectivity index (χ2n) is 4.02. The molecule has 2 nitrogen and oxygen atoms in total. The molecule has 2 unspecified atom stereocenters. The Labute approximate surface area is 98.0 Å². The lowest BCUT2D eigenvalue weighted by molar-refractivity contribution is 0.400. The van der Waals surface area contributed by atoms with Crippen molar-refractivity contribution in [3.05, 3.63) is 29.3 Å². The van der Waals surface area contributed by atoms with Gasteiger partial charge in [-0.05, 0) is 26.8 Å². The van der Waals surface area contributed by atoms with Gasteiger partial charge in [-0.3, -0.25) is 5.32 Å². The van der Waals surface area contributed by atoms with Crippen molar-refractivity contribution in [3.8, 4) is 18.1 Å². The molecule has 2 atom stereocenters. The van der Waals surface area contributed by atoms with Crippen LogP contribution in [0, 0.1) is 19.3 Å². The summed E-state index contributed by atoms with van der Waals surface area (Å²) < 4.78 is 5.35. The van der Waals surface area contributed by atoms with Crippen LogP contribution in [0.15, 0.2) is 18.2 Å². The third-order valence-electron chi connectivity index (χ3n) is 2.60. The molecule has 0 aromatic heterocycles. The summed E-state index contributed by atoms with van der Waals surface area (Å²) in [5, 5.41) is 3.33. The van der Waals surface area contributed by atoms with Crippen LogP contribution in [0.2, 0.25) is 0 Å². The van der Waals surface area contributed by atoms with Gasteiger partial charge in [-0.15, -0.1) is 6.42 Å². The third-order valence-corrected chi connectivity index (χ3v) is 2.60. The van der Waals surface area contributed by atoms with E-state index in [4.69, 9.17) is 11.2 Å². The topological polar surface area (TPSA) is 21.3 Å². The van der Waals surface area contributed by atoms with Crippen LogP contribution in [0.5, 0.6) is 5.75 Å². The molecule has 0 saturated carbocycles. The maximum atomic E-state index is 5.36. The van der Waals surface area contributed by atoms with Crippen LogP contribution in [0.25, 0.3) is 0 Å². The van der Waals surface area contributed by atoms with Crippen molar-refractivity contribution in [2.45, 2.75) is 32.9 Å². The van der Waals surface area contributed by atoms with Gasteiger partial charge >= 0.3 is 0 Å².